The number of carbonyl (C=O) groups excluding carboxylic acids is 2. The zero-order valence-corrected chi connectivity index (χ0v) is 15.7. The number of carbonyl (C=O) groups is 2. The lowest BCUT2D eigenvalue weighted by Gasteiger charge is -2.22. The van der Waals surface area contributed by atoms with E-state index in [4.69, 9.17) is 5.26 Å². The molecule has 0 spiro atoms. The highest BCUT2D eigenvalue weighted by Gasteiger charge is 2.13. The molecule has 0 radical (unpaired) electrons. The van der Waals surface area contributed by atoms with E-state index in [9.17, 15) is 9.59 Å². The fraction of sp³-hybridized carbons (Fsp3) is 0.350. The summed E-state index contributed by atoms with van der Waals surface area (Å²) in [7, 11) is 0. The van der Waals surface area contributed by atoms with Crippen LogP contribution in [0.15, 0.2) is 41.1 Å². The normalized spacial score (nSPS) is 10.2. The first-order valence-electron chi connectivity index (χ1n) is 8.71. The summed E-state index contributed by atoms with van der Waals surface area (Å²) in [6.07, 6.45) is 1.90. The van der Waals surface area contributed by atoms with Crippen molar-refractivity contribution < 1.29 is 9.59 Å². The Labute approximate surface area is 158 Å². The van der Waals surface area contributed by atoms with Crippen LogP contribution in [-0.2, 0) is 11.3 Å². The second-order valence-corrected chi connectivity index (χ2v) is 6.78. The Hall–Kier alpha value is -2.65. The molecule has 6 heteroatoms. The maximum absolute atomic E-state index is 12.5. The second-order valence-electron chi connectivity index (χ2n) is 6.00. The predicted octanol–water partition coefficient (Wildman–Crippen LogP) is 3.57. The van der Waals surface area contributed by atoms with Gasteiger partial charge in [-0.2, -0.15) is 16.6 Å². The highest BCUT2D eigenvalue weighted by molar-refractivity contribution is 7.08. The molecular formula is C20H23N3O2S. The van der Waals surface area contributed by atoms with Crippen LogP contribution in [0.4, 0.5) is 0 Å². The number of nitrogens with zero attached hydrogens (tertiary/aromatic N) is 2. The van der Waals surface area contributed by atoms with Gasteiger partial charge in [0.05, 0.1) is 11.6 Å². The Bertz CT molecular complexity index is 748. The minimum absolute atomic E-state index is 0.0843. The standard InChI is InChI=1S/C20H23N3O2S/c1-2-11-23(14-17-7-5-16(13-21)6-8-17)19(24)4-3-10-22-20(25)18-9-12-26-15-18/h5-9,12,15H,2-4,10-11,14H2,1H3,(H,22,25). The molecule has 2 aromatic rings. The van der Waals surface area contributed by atoms with Crippen LogP contribution < -0.4 is 5.32 Å². The molecule has 2 rings (SSSR count). The summed E-state index contributed by atoms with van der Waals surface area (Å²) < 4.78 is 0. The van der Waals surface area contributed by atoms with E-state index in [1.165, 1.54) is 11.3 Å². The molecule has 0 atom stereocenters. The Balaban J connectivity index is 1.79. The molecule has 5 nitrogen and oxygen atoms in total. The summed E-state index contributed by atoms with van der Waals surface area (Å²) in [4.78, 5) is 26.2. The van der Waals surface area contributed by atoms with Gasteiger partial charge in [0, 0.05) is 37.0 Å². The Morgan fingerprint density at radius 1 is 1.23 bits per heavy atom. The summed E-state index contributed by atoms with van der Waals surface area (Å²) in [5.74, 6) is -0.0114. The quantitative estimate of drug-likeness (QED) is 0.687. The Kier molecular flexibility index (Phi) is 7.84. The number of benzene rings is 1. The van der Waals surface area contributed by atoms with E-state index in [0.717, 1.165) is 12.0 Å². The number of hydrogen-bond donors (Lipinski definition) is 1. The number of hydrogen-bond acceptors (Lipinski definition) is 4. The fourth-order valence-corrected chi connectivity index (χ4v) is 3.20. The maximum Gasteiger partial charge on any atom is 0.252 e. The topological polar surface area (TPSA) is 73.2 Å². The lowest BCUT2D eigenvalue weighted by molar-refractivity contribution is -0.131. The molecule has 0 saturated heterocycles. The summed E-state index contributed by atoms with van der Waals surface area (Å²) in [5.41, 5.74) is 2.29. The van der Waals surface area contributed by atoms with Gasteiger partial charge in [0.2, 0.25) is 5.91 Å². The molecule has 1 aromatic carbocycles. The molecule has 0 aliphatic heterocycles. The molecule has 1 aromatic heterocycles. The smallest absolute Gasteiger partial charge is 0.252 e. The molecule has 1 heterocycles. The number of amides is 2. The summed E-state index contributed by atoms with van der Waals surface area (Å²) in [5, 5.41) is 15.4. The van der Waals surface area contributed by atoms with E-state index >= 15 is 0 Å². The zero-order valence-electron chi connectivity index (χ0n) is 14.9. The second kappa shape index (κ2) is 10.4. The minimum Gasteiger partial charge on any atom is -0.352 e. The zero-order chi connectivity index (χ0) is 18.8. The number of nitrogens with one attached hydrogen (secondary N) is 1. The average Bonchev–Trinajstić information content (AvgIpc) is 3.20. The van der Waals surface area contributed by atoms with Gasteiger partial charge in [-0.1, -0.05) is 19.1 Å². The third-order valence-corrected chi connectivity index (χ3v) is 4.62. The van der Waals surface area contributed by atoms with E-state index in [-0.39, 0.29) is 11.8 Å². The molecule has 136 valence electrons. The Morgan fingerprint density at radius 2 is 2.00 bits per heavy atom. The van der Waals surface area contributed by atoms with Gasteiger partial charge in [0.1, 0.15) is 0 Å². The van der Waals surface area contributed by atoms with E-state index in [0.29, 0.717) is 43.6 Å². The van der Waals surface area contributed by atoms with Crippen molar-refractivity contribution in [2.24, 2.45) is 0 Å². The molecule has 0 unspecified atom stereocenters. The van der Waals surface area contributed by atoms with Crippen molar-refractivity contribution in [1.82, 2.24) is 10.2 Å². The average molecular weight is 369 g/mol. The third-order valence-electron chi connectivity index (χ3n) is 3.94. The first kappa shape index (κ1) is 19.7. The van der Waals surface area contributed by atoms with Gasteiger partial charge in [0.15, 0.2) is 0 Å². The van der Waals surface area contributed by atoms with Crippen molar-refractivity contribution >= 4 is 23.2 Å². The summed E-state index contributed by atoms with van der Waals surface area (Å²) in [6, 6.07) is 11.2. The van der Waals surface area contributed by atoms with Crippen molar-refractivity contribution in [2.75, 3.05) is 13.1 Å². The molecule has 2 amide bonds. The van der Waals surface area contributed by atoms with Gasteiger partial charge in [-0.25, -0.2) is 0 Å². The van der Waals surface area contributed by atoms with Gasteiger partial charge >= 0.3 is 0 Å². The van der Waals surface area contributed by atoms with Gasteiger partial charge in [-0.05, 0) is 42.0 Å². The SMILES string of the molecule is CCCN(Cc1ccc(C#N)cc1)C(=O)CCCNC(=O)c1ccsc1. The van der Waals surface area contributed by atoms with Crippen LogP contribution in [0.25, 0.3) is 0 Å². The van der Waals surface area contributed by atoms with Crippen molar-refractivity contribution in [1.29, 1.82) is 5.26 Å². The minimum atomic E-state index is -0.0957. The van der Waals surface area contributed by atoms with Crippen LogP contribution in [-0.4, -0.2) is 29.8 Å². The van der Waals surface area contributed by atoms with Crippen LogP contribution >= 0.6 is 11.3 Å². The molecule has 0 aliphatic carbocycles. The highest BCUT2D eigenvalue weighted by Crippen LogP contribution is 2.10. The summed E-state index contributed by atoms with van der Waals surface area (Å²) >= 11 is 1.49. The van der Waals surface area contributed by atoms with E-state index < -0.39 is 0 Å². The van der Waals surface area contributed by atoms with Gasteiger partial charge < -0.3 is 10.2 Å². The molecule has 1 N–H and O–H groups in total. The highest BCUT2D eigenvalue weighted by atomic mass is 32.1. The van der Waals surface area contributed by atoms with Gasteiger partial charge in [0.25, 0.3) is 5.91 Å². The van der Waals surface area contributed by atoms with Crippen LogP contribution in [0.1, 0.15) is 47.7 Å². The van der Waals surface area contributed by atoms with E-state index in [2.05, 4.69) is 11.4 Å². The van der Waals surface area contributed by atoms with Gasteiger partial charge in [-0.15, -0.1) is 0 Å². The predicted molar refractivity (Wildman–Crippen MR) is 103 cm³/mol. The van der Waals surface area contributed by atoms with Crippen LogP contribution in [0.2, 0.25) is 0 Å². The first-order chi connectivity index (χ1) is 12.6. The monoisotopic (exact) mass is 369 g/mol. The molecular weight excluding hydrogens is 346 g/mol. The van der Waals surface area contributed by atoms with E-state index in [1.54, 1.807) is 23.6 Å². The van der Waals surface area contributed by atoms with Crippen LogP contribution in [0.3, 0.4) is 0 Å². The Morgan fingerprint density at radius 3 is 2.62 bits per heavy atom. The van der Waals surface area contributed by atoms with E-state index in [1.807, 2.05) is 29.3 Å². The van der Waals surface area contributed by atoms with Crippen molar-refractivity contribution in [3.63, 3.8) is 0 Å². The third kappa shape index (κ3) is 6.01. The number of thiophene rings is 1. The molecule has 0 fully saturated rings. The number of nitriles is 1. The molecule has 0 saturated carbocycles. The lowest BCUT2D eigenvalue weighted by atomic mass is 10.1. The number of rotatable bonds is 9. The lowest BCUT2D eigenvalue weighted by Crippen LogP contribution is -2.32. The molecule has 0 bridgehead atoms. The molecule has 26 heavy (non-hydrogen) atoms. The largest absolute Gasteiger partial charge is 0.352 e. The van der Waals surface area contributed by atoms with Crippen LogP contribution in [0, 0.1) is 11.3 Å². The van der Waals surface area contributed by atoms with Crippen molar-refractivity contribution in [3.05, 3.63) is 57.8 Å². The molecule has 0 aliphatic rings. The first-order valence-corrected chi connectivity index (χ1v) is 9.65. The van der Waals surface area contributed by atoms with Crippen molar-refractivity contribution in [3.8, 4) is 6.07 Å². The maximum atomic E-state index is 12.5. The van der Waals surface area contributed by atoms with Gasteiger partial charge in [-0.3, -0.25) is 9.59 Å². The van der Waals surface area contributed by atoms with Crippen molar-refractivity contribution in [2.45, 2.75) is 32.7 Å². The summed E-state index contributed by atoms with van der Waals surface area (Å²) in [6.45, 7) is 3.76. The fourth-order valence-electron chi connectivity index (χ4n) is 2.56. The van der Waals surface area contributed by atoms with Crippen LogP contribution in [0.5, 0.6) is 0 Å².